The van der Waals surface area contributed by atoms with Gasteiger partial charge in [0.25, 0.3) is 11.5 Å². The van der Waals surface area contributed by atoms with E-state index in [9.17, 15) is 22.8 Å². The Hall–Kier alpha value is -2.90. The molecule has 0 atom stereocenters. The predicted octanol–water partition coefficient (Wildman–Crippen LogP) is 3.21. The number of hydrogen-bond donors (Lipinski definition) is 1. The molecule has 1 amide bonds. The summed E-state index contributed by atoms with van der Waals surface area (Å²) in [7, 11) is 0. The lowest BCUT2D eigenvalue weighted by Crippen LogP contribution is -2.31. The smallest absolute Gasteiger partial charge is 0.312 e. The van der Waals surface area contributed by atoms with Crippen LogP contribution in [0.2, 0.25) is 0 Å². The lowest BCUT2D eigenvalue weighted by molar-refractivity contribution is -0.137. The van der Waals surface area contributed by atoms with Crippen LogP contribution in [-0.4, -0.2) is 16.7 Å². The predicted molar refractivity (Wildman–Crippen MR) is 87.6 cm³/mol. The van der Waals surface area contributed by atoms with Gasteiger partial charge in [0, 0.05) is 17.8 Å². The van der Waals surface area contributed by atoms with Crippen LogP contribution >= 0.6 is 0 Å². The van der Waals surface area contributed by atoms with Gasteiger partial charge in [-0.2, -0.15) is 18.3 Å². The number of halogens is 3. The molecule has 1 heterocycles. The van der Waals surface area contributed by atoms with Crippen molar-refractivity contribution in [3.05, 3.63) is 69.6 Å². The van der Waals surface area contributed by atoms with E-state index in [2.05, 4.69) is 10.5 Å². The number of hydrazone groups is 1. The Morgan fingerprint density at radius 1 is 1.20 bits per heavy atom. The zero-order valence-corrected chi connectivity index (χ0v) is 13.5. The number of carbonyl (C=O) groups excluding carboxylic acids is 1. The van der Waals surface area contributed by atoms with Crippen molar-refractivity contribution in [1.29, 1.82) is 0 Å². The van der Waals surface area contributed by atoms with Crippen LogP contribution in [0, 0.1) is 0 Å². The van der Waals surface area contributed by atoms with Crippen molar-refractivity contribution >= 4 is 12.1 Å². The molecule has 2 rings (SSSR count). The molecule has 132 valence electrons. The van der Waals surface area contributed by atoms with Gasteiger partial charge in [-0.25, -0.2) is 5.43 Å². The molecule has 25 heavy (non-hydrogen) atoms. The van der Waals surface area contributed by atoms with Crippen LogP contribution in [0.4, 0.5) is 13.2 Å². The third-order valence-electron chi connectivity index (χ3n) is 3.41. The van der Waals surface area contributed by atoms with Gasteiger partial charge < -0.3 is 4.57 Å². The first-order valence-electron chi connectivity index (χ1n) is 7.42. The molecule has 0 fully saturated rings. The van der Waals surface area contributed by atoms with Crippen molar-refractivity contribution in [3.63, 3.8) is 0 Å². The van der Waals surface area contributed by atoms with Gasteiger partial charge in [0.2, 0.25) is 0 Å². The summed E-state index contributed by atoms with van der Waals surface area (Å²) in [5.74, 6) is -0.791. The SMILES string of the molecule is CC(C)n1cccc(C(=O)N/N=C\c2ccccc2C(F)(F)F)c1=O. The van der Waals surface area contributed by atoms with Gasteiger partial charge in [-0.3, -0.25) is 9.59 Å². The molecule has 0 aliphatic carbocycles. The largest absolute Gasteiger partial charge is 0.417 e. The van der Waals surface area contributed by atoms with Gasteiger partial charge in [0.05, 0.1) is 11.8 Å². The van der Waals surface area contributed by atoms with Crippen LogP contribution in [0.25, 0.3) is 0 Å². The molecule has 0 saturated carbocycles. The zero-order valence-electron chi connectivity index (χ0n) is 13.5. The van der Waals surface area contributed by atoms with Crippen molar-refractivity contribution in [1.82, 2.24) is 9.99 Å². The minimum Gasteiger partial charge on any atom is -0.312 e. The number of amides is 1. The van der Waals surface area contributed by atoms with E-state index < -0.39 is 23.2 Å². The van der Waals surface area contributed by atoms with Gasteiger partial charge in [-0.1, -0.05) is 18.2 Å². The third kappa shape index (κ3) is 4.34. The van der Waals surface area contributed by atoms with E-state index in [1.165, 1.54) is 28.8 Å². The molecule has 1 aromatic heterocycles. The monoisotopic (exact) mass is 351 g/mol. The van der Waals surface area contributed by atoms with Crippen molar-refractivity contribution in [2.24, 2.45) is 5.10 Å². The zero-order chi connectivity index (χ0) is 18.6. The summed E-state index contributed by atoms with van der Waals surface area (Å²) in [6.45, 7) is 3.57. The number of aromatic nitrogens is 1. The van der Waals surface area contributed by atoms with E-state index in [0.717, 1.165) is 12.3 Å². The van der Waals surface area contributed by atoms with E-state index in [1.807, 2.05) is 0 Å². The number of alkyl halides is 3. The quantitative estimate of drug-likeness (QED) is 0.679. The van der Waals surface area contributed by atoms with Gasteiger partial charge in [0.1, 0.15) is 5.56 Å². The summed E-state index contributed by atoms with van der Waals surface area (Å²) in [5, 5.41) is 3.54. The Labute approximate surface area is 141 Å². The first-order chi connectivity index (χ1) is 11.7. The minimum atomic E-state index is -4.53. The lowest BCUT2D eigenvalue weighted by Gasteiger charge is -2.10. The van der Waals surface area contributed by atoms with Gasteiger partial charge in [-0.05, 0) is 32.0 Å². The second-order valence-electron chi connectivity index (χ2n) is 5.51. The normalized spacial score (nSPS) is 11.9. The molecule has 0 unspecified atom stereocenters. The Morgan fingerprint density at radius 3 is 2.52 bits per heavy atom. The first-order valence-corrected chi connectivity index (χ1v) is 7.42. The minimum absolute atomic E-state index is 0.137. The average molecular weight is 351 g/mol. The Kier molecular flexibility index (Phi) is 5.41. The topological polar surface area (TPSA) is 63.5 Å². The molecule has 8 heteroatoms. The van der Waals surface area contributed by atoms with Crippen molar-refractivity contribution in [3.8, 4) is 0 Å². The fourth-order valence-electron chi connectivity index (χ4n) is 2.18. The van der Waals surface area contributed by atoms with E-state index in [4.69, 9.17) is 0 Å². The molecule has 0 saturated heterocycles. The highest BCUT2D eigenvalue weighted by molar-refractivity contribution is 5.94. The highest BCUT2D eigenvalue weighted by Gasteiger charge is 2.32. The molecule has 2 aromatic rings. The molecular weight excluding hydrogens is 335 g/mol. The molecular formula is C17H16F3N3O2. The average Bonchev–Trinajstić information content (AvgIpc) is 2.54. The van der Waals surface area contributed by atoms with Gasteiger partial charge >= 0.3 is 6.18 Å². The molecule has 1 aromatic carbocycles. The van der Waals surface area contributed by atoms with Crippen LogP contribution in [0.5, 0.6) is 0 Å². The summed E-state index contributed by atoms with van der Waals surface area (Å²) in [6, 6.07) is 7.57. The maximum atomic E-state index is 12.9. The summed E-state index contributed by atoms with van der Waals surface area (Å²) in [5.41, 5.74) is 0.385. The van der Waals surface area contributed by atoms with E-state index in [0.29, 0.717) is 0 Å². The highest BCUT2D eigenvalue weighted by atomic mass is 19.4. The third-order valence-corrected chi connectivity index (χ3v) is 3.41. The molecule has 1 N–H and O–H groups in total. The lowest BCUT2D eigenvalue weighted by atomic mass is 10.1. The van der Waals surface area contributed by atoms with Crippen molar-refractivity contribution in [2.45, 2.75) is 26.1 Å². The molecule has 0 radical (unpaired) electrons. The Morgan fingerprint density at radius 2 is 1.88 bits per heavy atom. The second kappa shape index (κ2) is 7.33. The number of benzene rings is 1. The second-order valence-corrected chi connectivity index (χ2v) is 5.51. The molecule has 0 aliphatic heterocycles. The molecule has 0 aliphatic rings. The molecule has 5 nitrogen and oxygen atoms in total. The maximum absolute atomic E-state index is 12.9. The van der Waals surface area contributed by atoms with Crippen LogP contribution in [-0.2, 0) is 6.18 Å². The fourth-order valence-corrected chi connectivity index (χ4v) is 2.18. The van der Waals surface area contributed by atoms with Crippen LogP contribution in [0.1, 0.15) is 41.4 Å². The van der Waals surface area contributed by atoms with E-state index in [-0.39, 0.29) is 17.2 Å². The van der Waals surface area contributed by atoms with E-state index in [1.54, 1.807) is 26.1 Å². The molecule has 0 bridgehead atoms. The number of rotatable bonds is 4. The Bertz CT molecular complexity index is 855. The first kappa shape index (κ1) is 18.4. The van der Waals surface area contributed by atoms with Crippen LogP contribution < -0.4 is 11.0 Å². The number of carbonyl (C=O) groups is 1. The van der Waals surface area contributed by atoms with Gasteiger partial charge in [-0.15, -0.1) is 0 Å². The van der Waals surface area contributed by atoms with Crippen molar-refractivity contribution < 1.29 is 18.0 Å². The van der Waals surface area contributed by atoms with E-state index >= 15 is 0 Å². The van der Waals surface area contributed by atoms with Gasteiger partial charge in [0.15, 0.2) is 0 Å². The van der Waals surface area contributed by atoms with Crippen LogP contribution in [0.3, 0.4) is 0 Å². The maximum Gasteiger partial charge on any atom is 0.417 e. The summed E-state index contributed by atoms with van der Waals surface area (Å²) in [6.07, 6.45) is -2.09. The van der Waals surface area contributed by atoms with Crippen LogP contribution in [0.15, 0.2) is 52.5 Å². The fraction of sp³-hybridized carbons (Fsp3) is 0.235. The Balaban J connectivity index is 2.21. The number of nitrogens with zero attached hydrogens (tertiary/aromatic N) is 2. The summed E-state index contributed by atoms with van der Waals surface area (Å²) in [4.78, 5) is 24.2. The van der Waals surface area contributed by atoms with Crippen molar-refractivity contribution in [2.75, 3.05) is 0 Å². The summed E-state index contributed by atoms with van der Waals surface area (Å²) < 4.78 is 40.0. The highest BCUT2D eigenvalue weighted by Crippen LogP contribution is 2.30. The standard InChI is InChI=1S/C17H16F3N3O2/c1-11(2)23-9-5-7-13(16(23)25)15(24)22-21-10-12-6-3-4-8-14(12)17(18,19)20/h3-11H,1-2H3,(H,22,24)/b21-10-. The number of hydrogen-bond acceptors (Lipinski definition) is 3. The number of pyridine rings is 1. The molecule has 0 spiro atoms. The number of nitrogens with one attached hydrogen (secondary N) is 1. The summed E-state index contributed by atoms with van der Waals surface area (Å²) >= 11 is 0.